The Morgan fingerprint density at radius 1 is 1.08 bits per heavy atom. The van der Waals surface area contributed by atoms with Crippen LogP contribution in [0.1, 0.15) is 34.3 Å². The predicted molar refractivity (Wildman–Crippen MR) is 93.0 cm³/mol. The largest absolute Gasteiger partial charge is 0.497 e. The smallest absolute Gasteiger partial charge is 0.254 e. The number of hydrogen-bond donors (Lipinski definition) is 0. The molecule has 2 aromatic carbocycles. The maximum Gasteiger partial charge on any atom is 0.254 e. The van der Waals surface area contributed by atoms with E-state index in [9.17, 15) is 4.79 Å². The summed E-state index contributed by atoms with van der Waals surface area (Å²) >= 11 is 0. The van der Waals surface area contributed by atoms with Crippen LogP contribution < -0.4 is 4.74 Å². The summed E-state index contributed by atoms with van der Waals surface area (Å²) in [7, 11) is 3.32. The minimum atomic E-state index is 0.0891. The Hall–Kier alpha value is -2.33. The van der Waals surface area contributed by atoms with E-state index in [1.165, 1.54) is 0 Å². The normalized spacial score (nSPS) is 13.6. The molecule has 0 atom stereocenters. The number of hydrogen-bond acceptors (Lipinski definition) is 3. The van der Waals surface area contributed by atoms with Crippen LogP contribution in [0.15, 0.2) is 48.5 Å². The van der Waals surface area contributed by atoms with E-state index in [2.05, 4.69) is 0 Å². The second-order valence-electron chi connectivity index (χ2n) is 6.15. The second-order valence-corrected chi connectivity index (χ2v) is 6.15. The van der Waals surface area contributed by atoms with Crippen LogP contribution in [0, 0.1) is 0 Å². The third-order valence-electron chi connectivity index (χ3n) is 4.25. The molecule has 0 unspecified atom stereocenters. The molecule has 126 valence electrons. The van der Waals surface area contributed by atoms with Gasteiger partial charge in [-0.05, 0) is 48.2 Å². The number of nitrogens with zero attached hydrogens (tertiary/aromatic N) is 1. The molecule has 0 bridgehead atoms. The van der Waals surface area contributed by atoms with Crippen LogP contribution in [0.5, 0.6) is 5.75 Å². The molecular formula is C20H23NO3. The van der Waals surface area contributed by atoms with Crippen molar-refractivity contribution in [3.05, 3.63) is 65.2 Å². The first kappa shape index (κ1) is 16.5. The number of ether oxygens (including phenoxy) is 2. The summed E-state index contributed by atoms with van der Waals surface area (Å²) in [5.74, 6) is 0.918. The molecular weight excluding hydrogens is 302 g/mol. The third-order valence-corrected chi connectivity index (χ3v) is 4.25. The molecule has 1 aliphatic rings. The first-order valence-corrected chi connectivity index (χ1v) is 8.23. The van der Waals surface area contributed by atoms with Crippen molar-refractivity contribution in [2.45, 2.75) is 32.0 Å². The minimum Gasteiger partial charge on any atom is -0.497 e. The molecule has 0 N–H and O–H groups in total. The second kappa shape index (κ2) is 7.49. The van der Waals surface area contributed by atoms with E-state index in [1.807, 2.05) is 53.4 Å². The molecule has 0 saturated heterocycles. The fourth-order valence-electron chi connectivity index (χ4n) is 2.81. The van der Waals surface area contributed by atoms with Gasteiger partial charge in [0.05, 0.1) is 13.7 Å². The molecule has 3 rings (SSSR count). The van der Waals surface area contributed by atoms with E-state index < -0.39 is 0 Å². The molecule has 0 radical (unpaired) electrons. The number of amides is 1. The topological polar surface area (TPSA) is 38.8 Å². The summed E-state index contributed by atoms with van der Waals surface area (Å²) < 4.78 is 10.4. The van der Waals surface area contributed by atoms with Gasteiger partial charge in [0.15, 0.2) is 0 Å². The van der Waals surface area contributed by atoms with Gasteiger partial charge < -0.3 is 14.4 Å². The Balaban J connectivity index is 1.77. The van der Waals surface area contributed by atoms with Crippen molar-refractivity contribution >= 4 is 5.91 Å². The van der Waals surface area contributed by atoms with Crippen LogP contribution in [0.3, 0.4) is 0 Å². The highest BCUT2D eigenvalue weighted by Crippen LogP contribution is 2.30. The zero-order valence-electron chi connectivity index (χ0n) is 14.2. The van der Waals surface area contributed by atoms with Gasteiger partial charge in [-0.3, -0.25) is 4.79 Å². The predicted octanol–water partition coefficient (Wildman–Crippen LogP) is 3.65. The minimum absolute atomic E-state index is 0.0891. The van der Waals surface area contributed by atoms with Crippen molar-refractivity contribution in [3.63, 3.8) is 0 Å². The number of methoxy groups -OCH3 is 2. The quantitative estimate of drug-likeness (QED) is 0.780. The molecule has 1 aliphatic carbocycles. The van der Waals surface area contributed by atoms with Crippen molar-refractivity contribution in [1.82, 2.24) is 4.90 Å². The zero-order valence-corrected chi connectivity index (χ0v) is 14.2. The fraction of sp³-hybridized carbons (Fsp3) is 0.350. The van der Waals surface area contributed by atoms with Gasteiger partial charge in [-0.2, -0.15) is 0 Å². The maximum atomic E-state index is 13.0. The molecule has 1 saturated carbocycles. The molecule has 4 heteroatoms. The van der Waals surface area contributed by atoms with Crippen LogP contribution in [-0.4, -0.2) is 31.1 Å². The average molecular weight is 325 g/mol. The molecule has 4 nitrogen and oxygen atoms in total. The summed E-state index contributed by atoms with van der Waals surface area (Å²) in [6.45, 7) is 1.14. The lowest BCUT2D eigenvalue weighted by atomic mass is 10.1. The van der Waals surface area contributed by atoms with E-state index in [4.69, 9.17) is 9.47 Å². The summed E-state index contributed by atoms with van der Waals surface area (Å²) in [5, 5.41) is 0. The van der Waals surface area contributed by atoms with Gasteiger partial charge >= 0.3 is 0 Å². The van der Waals surface area contributed by atoms with Gasteiger partial charge in [0, 0.05) is 25.3 Å². The Labute approximate surface area is 143 Å². The highest BCUT2D eigenvalue weighted by atomic mass is 16.5. The van der Waals surface area contributed by atoms with Gasteiger partial charge in [0.1, 0.15) is 5.75 Å². The van der Waals surface area contributed by atoms with E-state index in [0.29, 0.717) is 19.2 Å². The summed E-state index contributed by atoms with van der Waals surface area (Å²) in [4.78, 5) is 15.0. The molecule has 24 heavy (non-hydrogen) atoms. The number of rotatable bonds is 7. The lowest BCUT2D eigenvalue weighted by Crippen LogP contribution is -2.32. The number of carbonyl (C=O) groups is 1. The Bertz CT molecular complexity index is 692. The number of carbonyl (C=O) groups excluding carboxylic acids is 1. The first-order valence-electron chi connectivity index (χ1n) is 8.23. The average Bonchev–Trinajstić information content (AvgIpc) is 3.45. The van der Waals surface area contributed by atoms with E-state index in [-0.39, 0.29) is 5.91 Å². The van der Waals surface area contributed by atoms with Crippen molar-refractivity contribution in [1.29, 1.82) is 0 Å². The van der Waals surface area contributed by atoms with Gasteiger partial charge in [-0.25, -0.2) is 0 Å². The molecule has 0 spiro atoms. The summed E-state index contributed by atoms with van der Waals surface area (Å²) in [6.07, 6.45) is 2.17. The van der Waals surface area contributed by atoms with Crippen LogP contribution in [0.25, 0.3) is 0 Å². The van der Waals surface area contributed by atoms with Crippen molar-refractivity contribution in [2.24, 2.45) is 0 Å². The highest BCUT2D eigenvalue weighted by molar-refractivity contribution is 5.94. The maximum absolute atomic E-state index is 13.0. The van der Waals surface area contributed by atoms with E-state index in [1.54, 1.807) is 14.2 Å². The molecule has 1 amide bonds. The van der Waals surface area contributed by atoms with Crippen molar-refractivity contribution in [3.8, 4) is 5.75 Å². The SMILES string of the molecule is COCc1cccc(C(=O)N(Cc2ccc(OC)cc2)C2CC2)c1. The zero-order chi connectivity index (χ0) is 16.9. The monoisotopic (exact) mass is 325 g/mol. The van der Waals surface area contributed by atoms with Gasteiger partial charge in [-0.15, -0.1) is 0 Å². The standard InChI is InChI=1S/C20H23NO3/c1-23-14-16-4-3-5-17(12-16)20(22)21(18-8-9-18)13-15-6-10-19(24-2)11-7-15/h3-7,10-12,18H,8-9,13-14H2,1-2H3. The molecule has 0 aromatic heterocycles. The van der Waals surface area contributed by atoms with Gasteiger partial charge in [0.2, 0.25) is 0 Å². The molecule has 0 aliphatic heterocycles. The molecule has 1 fully saturated rings. The van der Waals surface area contributed by atoms with E-state index in [0.717, 1.165) is 35.3 Å². The van der Waals surface area contributed by atoms with Crippen LogP contribution in [-0.2, 0) is 17.9 Å². The number of benzene rings is 2. The lowest BCUT2D eigenvalue weighted by Gasteiger charge is -2.23. The fourth-order valence-corrected chi connectivity index (χ4v) is 2.81. The lowest BCUT2D eigenvalue weighted by molar-refractivity contribution is 0.0729. The van der Waals surface area contributed by atoms with Crippen molar-refractivity contribution < 1.29 is 14.3 Å². The highest BCUT2D eigenvalue weighted by Gasteiger charge is 2.33. The van der Waals surface area contributed by atoms with Gasteiger partial charge in [-0.1, -0.05) is 24.3 Å². The Morgan fingerprint density at radius 2 is 1.83 bits per heavy atom. The Kier molecular flexibility index (Phi) is 5.16. The van der Waals surface area contributed by atoms with Crippen molar-refractivity contribution in [2.75, 3.05) is 14.2 Å². The molecule has 0 heterocycles. The van der Waals surface area contributed by atoms with Gasteiger partial charge in [0.25, 0.3) is 5.91 Å². The molecule has 2 aromatic rings. The Morgan fingerprint density at radius 3 is 2.46 bits per heavy atom. The summed E-state index contributed by atoms with van der Waals surface area (Å²) in [5.41, 5.74) is 2.86. The van der Waals surface area contributed by atoms with Crippen LogP contribution >= 0.6 is 0 Å². The summed E-state index contributed by atoms with van der Waals surface area (Å²) in [6, 6.07) is 16.0. The van der Waals surface area contributed by atoms with E-state index >= 15 is 0 Å². The third kappa shape index (κ3) is 3.95. The van der Waals surface area contributed by atoms with Crippen LogP contribution in [0.4, 0.5) is 0 Å². The van der Waals surface area contributed by atoms with Crippen LogP contribution in [0.2, 0.25) is 0 Å². The first-order chi connectivity index (χ1) is 11.7.